The average molecular weight is 285 g/mol. The van der Waals surface area contributed by atoms with Crippen LogP contribution in [0.5, 0.6) is 0 Å². The van der Waals surface area contributed by atoms with Crippen molar-refractivity contribution in [3.8, 4) is 0 Å². The quantitative estimate of drug-likeness (QED) is 0.706. The van der Waals surface area contributed by atoms with E-state index in [9.17, 15) is 4.79 Å². The first kappa shape index (κ1) is 15.6. The van der Waals surface area contributed by atoms with Gasteiger partial charge in [0.15, 0.2) is 0 Å². The summed E-state index contributed by atoms with van der Waals surface area (Å²) in [5, 5.41) is 2.05. The Morgan fingerprint density at radius 1 is 1.28 bits per heavy atom. The minimum absolute atomic E-state index is 0.260. The molecule has 2 nitrogen and oxygen atoms in total. The highest BCUT2D eigenvalue weighted by Crippen LogP contribution is 2.23. The van der Waals surface area contributed by atoms with Crippen molar-refractivity contribution in [3.63, 3.8) is 0 Å². The van der Waals surface area contributed by atoms with Gasteiger partial charge in [-0.2, -0.15) is 0 Å². The number of amides is 1. The largest absolute Gasteiger partial charge is 0.341 e. The topological polar surface area (TPSA) is 20.3 Å². The van der Waals surface area contributed by atoms with Gasteiger partial charge in [0.25, 0.3) is 0 Å². The molecule has 1 rings (SSSR count). The Morgan fingerprint density at radius 3 is 2.33 bits per heavy atom. The molecule has 0 bridgehead atoms. The molecule has 0 aliphatic carbocycles. The fourth-order valence-corrected chi connectivity index (χ4v) is 3.42. The van der Waals surface area contributed by atoms with Crippen LogP contribution in [0.1, 0.15) is 27.7 Å². The van der Waals surface area contributed by atoms with Crippen molar-refractivity contribution in [1.29, 1.82) is 0 Å². The van der Waals surface area contributed by atoms with Gasteiger partial charge in [0.2, 0.25) is 5.91 Å². The van der Waals surface area contributed by atoms with Gasteiger partial charge in [0, 0.05) is 13.1 Å². The van der Waals surface area contributed by atoms with Crippen molar-refractivity contribution in [2.75, 3.05) is 18.8 Å². The smallest absolute Gasteiger partial charge is 0.232 e. The fourth-order valence-electron chi connectivity index (χ4n) is 1.73. The van der Waals surface area contributed by atoms with Gasteiger partial charge in [0.05, 0.1) is 9.96 Å². The molecule has 0 spiro atoms. The van der Waals surface area contributed by atoms with E-state index in [0.717, 1.165) is 13.1 Å². The third-order valence-electron chi connectivity index (χ3n) is 2.36. The summed E-state index contributed by atoms with van der Waals surface area (Å²) in [6.45, 7) is 10.4. The van der Waals surface area contributed by atoms with Gasteiger partial charge in [-0.15, -0.1) is 23.1 Å². The Bertz CT molecular complexity index is 337. The van der Waals surface area contributed by atoms with E-state index >= 15 is 0 Å². The number of hydrogen-bond acceptors (Lipinski definition) is 3. The normalized spacial score (nSPS) is 11.2. The molecule has 1 aromatic heterocycles. The monoisotopic (exact) mass is 285 g/mol. The van der Waals surface area contributed by atoms with Crippen molar-refractivity contribution in [2.24, 2.45) is 11.8 Å². The molecule has 0 saturated carbocycles. The second kappa shape index (κ2) is 7.85. The predicted octanol–water partition coefficient (Wildman–Crippen LogP) is 3.98. The minimum Gasteiger partial charge on any atom is -0.341 e. The first-order valence-corrected chi connectivity index (χ1v) is 8.29. The number of thiophene rings is 1. The van der Waals surface area contributed by atoms with Crippen LogP contribution in [-0.4, -0.2) is 29.6 Å². The lowest BCUT2D eigenvalue weighted by Crippen LogP contribution is -2.38. The number of hydrogen-bond donors (Lipinski definition) is 0. The molecule has 0 aromatic carbocycles. The molecule has 4 heteroatoms. The molecule has 1 aromatic rings. The first-order chi connectivity index (χ1) is 8.49. The third kappa shape index (κ3) is 5.91. The average Bonchev–Trinajstić information content (AvgIpc) is 2.76. The van der Waals surface area contributed by atoms with Crippen molar-refractivity contribution in [1.82, 2.24) is 4.90 Å². The third-order valence-corrected chi connectivity index (χ3v) is 4.47. The molecular formula is C14H23NOS2. The molecular weight excluding hydrogens is 262 g/mol. The van der Waals surface area contributed by atoms with Crippen LogP contribution in [0.25, 0.3) is 0 Å². The lowest BCUT2D eigenvalue weighted by atomic mass is 10.1. The van der Waals surface area contributed by atoms with Crippen molar-refractivity contribution in [3.05, 3.63) is 17.5 Å². The number of rotatable bonds is 7. The summed E-state index contributed by atoms with van der Waals surface area (Å²) in [6, 6.07) is 4.09. The van der Waals surface area contributed by atoms with E-state index in [1.54, 1.807) is 23.1 Å². The predicted molar refractivity (Wildman–Crippen MR) is 81.3 cm³/mol. The maximum atomic E-state index is 12.2. The van der Waals surface area contributed by atoms with Crippen molar-refractivity contribution < 1.29 is 4.79 Å². The maximum Gasteiger partial charge on any atom is 0.232 e. The summed E-state index contributed by atoms with van der Waals surface area (Å²) in [6.07, 6.45) is 0. The van der Waals surface area contributed by atoms with E-state index in [4.69, 9.17) is 0 Å². The number of carbonyl (C=O) groups is 1. The summed E-state index contributed by atoms with van der Waals surface area (Å²) in [7, 11) is 0. The Hall–Kier alpha value is -0.480. The van der Waals surface area contributed by atoms with Crippen LogP contribution >= 0.6 is 23.1 Å². The lowest BCUT2D eigenvalue weighted by Gasteiger charge is -2.26. The van der Waals surface area contributed by atoms with Gasteiger partial charge in [0.1, 0.15) is 0 Å². The summed E-state index contributed by atoms with van der Waals surface area (Å²) in [4.78, 5) is 14.2. The molecule has 0 radical (unpaired) electrons. The Balaban J connectivity index is 2.47. The van der Waals surface area contributed by atoms with Crippen molar-refractivity contribution in [2.45, 2.75) is 31.9 Å². The molecule has 0 N–H and O–H groups in total. The molecule has 1 heterocycles. The minimum atomic E-state index is 0.260. The van der Waals surface area contributed by atoms with Crippen LogP contribution in [-0.2, 0) is 4.79 Å². The van der Waals surface area contributed by atoms with E-state index in [2.05, 4.69) is 33.8 Å². The molecule has 1 amide bonds. The number of thioether (sulfide) groups is 1. The summed E-state index contributed by atoms with van der Waals surface area (Å²) >= 11 is 3.34. The second-order valence-electron chi connectivity index (χ2n) is 5.31. The highest BCUT2D eigenvalue weighted by molar-refractivity contribution is 8.01. The van der Waals surface area contributed by atoms with Gasteiger partial charge in [-0.25, -0.2) is 0 Å². The number of carbonyl (C=O) groups excluding carboxylic acids is 1. The van der Waals surface area contributed by atoms with Crippen LogP contribution in [0.15, 0.2) is 21.7 Å². The van der Waals surface area contributed by atoms with Gasteiger partial charge >= 0.3 is 0 Å². The van der Waals surface area contributed by atoms with E-state index < -0.39 is 0 Å². The molecule has 0 fully saturated rings. The highest BCUT2D eigenvalue weighted by Gasteiger charge is 2.16. The highest BCUT2D eigenvalue weighted by atomic mass is 32.2. The second-order valence-corrected chi connectivity index (χ2v) is 7.53. The zero-order valence-corrected chi connectivity index (χ0v) is 13.3. The fraction of sp³-hybridized carbons (Fsp3) is 0.643. The summed E-state index contributed by atoms with van der Waals surface area (Å²) < 4.78 is 1.22. The Morgan fingerprint density at radius 2 is 1.89 bits per heavy atom. The zero-order valence-electron chi connectivity index (χ0n) is 11.7. The van der Waals surface area contributed by atoms with Crippen molar-refractivity contribution >= 4 is 29.0 Å². The van der Waals surface area contributed by atoms with Crippen LogP contribution in [0.2, 0.25) is 0 Å². The molecule has 0 atom stereocenters. The zero-order chi connectivity index (χ0) is 13.5. The molecule has 18 heavy (non-hydrogen) atoms. The maximum absolute atomic E-state index is 12.2. The molecule has 0 aliphatic heterocycles. The molecule has 102 valence electrons. The van der Waals surface area contributed by atoms with Crippen LogP contribution < -0.4 is 0 Å². The summed E-state index contributed by atoms with van der Waals surface area (Å²) in [5.74, 6) is 1.87. The van der Waals surface area contributed by atoms with E-state index in [1.807, 2.05) is 16.3 Å². The van der Waals surface area contributed by atoms with E-state index in [-0.39, 0.29) is 5.91 Å². The molecule has 0 saturated heterocycles. The van der Waals surface area contributed by atoms with Gasteiger partial charge in [-0.1, -0.05) is 33.8 Å². The molecule has 0 unspecified atom stereocenters. The van der Waals surface area contributed by atoms with Gasteiger partial charge < -0.3 is 4.90 Å². The van der Waals surface area contributed by atoms with E-state index in [1.165, 1.54) is 4.21 Å². The first-order valence-electron chi connectivity index (χ1n) is 6.43. The van der Waals surface area contributed by atoms with Gasteiger partial charge in [-0.05, 0) is 23.3 Å². The van der Waals surface area contributed by atoms with Crippen LogP contribution in [0.3, 0.4) is 0 Å². The van der Waals surface area contributed by atoms with Crippen LogP contribution in [0.4, 0.5) is 0 Å². The van der Waals surface area contributed by atoms with E-state index in [0.29, 0.717) is 17.6 Å². The lowest BCUT2D eigenvalue weighted by molar-refractivity contribution is -0.129. The Kier molecular flexibility index (Phi) is 6.79. The standard InChI is InChI=1S/C14H23NOS2/c1-11(2)8-15(9-12(3)4)13(16)10-18-14-6-5-7-17-14/h5-7,11-12H,8-10H2,1-4H3. The molecule has 0 aliphatic rings. The summed E-state index contributed by atoms with van der Waals surface area (Å²) in [5.41, 5.74) is 0. The Labute approximate surface area is 119 Å². The van der Waals surface area contributed by atoms with Crippen LogP contribution in [0, 0.1) is 11.8 Å². The number of nitrogens with zero attached hydrogens (tertiary/aromatic N) is 1. The van der Waals surface area contributed by atoms with Gasteiger partial charge in [-0.3, -0.25) is 4.79 Å². The SMILES string of the molecule is CC(C)CN(CC(C)C)C(=O)CSc1cccs1.